The molecule has 12 heavy (non-hydrogen) atoms. The van der Waals surface area contributed by atoms with Crippen LogP contribution in [0, 0.1) is 5.92 Å². The maximum atomic E-state index is 11.7. The summed E-state index contributed by atoms with van der Waals surface area (Å²) in [6.45, 7) is 3.79. The maximum absolute atomic E-state index is 11.7. The van der Waals surface area contributed by atoms with Gasteiger partial charge in [0.2, 0.25) is 0 Å². The summed E-state index contributed by atoms with van der Waals surface area (Å²) in [4.78, 5) is 11.7. The van der Waals surface area contributed by atoms with E-state index in [9.17, 15) is 4.79 Å². The van der Waals surface area contributed by atoms with Gasteiger partial charge in [0.05, 0.1) is 6.10 Å². The summed E-state index contributed by atoms with van der Waals surface area (Å²) >= 11 is 0. The van der Waals surface area contributed by atoms with Crippen LogP contribution in [0.1, 0.15) is 39.5 Å². The molecule has 2 aliphatic rings. The standard InChI is InChI=1S/C10H16O2/c1-10(2)9(11)7-5-3-4-6-8(7)12-10/h7-8H,3-6H2,1-2H3/t7-,8+/m1/s1. The molecule has 1 aliphatic carbocycles. The van der Waals surface area contributed by atoms with E-state index < -0.39 is 5.60 Å². The Hall–Kier alpha value is -0.370. The van der Waals surface area contributed by atoms with Crippen molar-refractivity contribution in [2.24, 2.45) is 5.92 Å². The Labute approximate surface area is 73.3 Å². The molecule has 0 aromatic heterocycles. The van der Waals surface area contributed by atoms with Gasteiger partial charge in [0.15, 0.2) is 5.78 Å². The first-order valence-corrected chi connectivity index (χ1v) is 4.83. The van der Waals surface area contributed by atoms with Gasteiger partial charge in [-0.25, -0.2) is 0 Å². The number of carbonyl (C=O) groups is 1. The van der Waals surface area contributed by atoms with E-state index in [1.165, 1.54) is 12.8 Å². The van der Waals surface area contributed by atoms with Gasteiger partial charge in [0.1, 0.15) is 5.60 Å². The molecule has 0 radical (unpaired) electrons. The van der Waals surface area contributed by atoms with Crippen LogP contribution in [0.2, 0.25) is 0 Å². The van der Waals surface area contributed by atoms with Gasteiger partial charge in [-0.15, -0.1) is 0 Å². The monoisotopic (exact) mass is 168 g/mol. The van der Waals surface area contributed by atoms with E-state index in [4.69, 9.17) is 4.74 Å². The van der Waals surface area contributed by atoms with Gasteiger partial charge < -0.3 is 4.74 Å². The predicted octanol–water partition coefficient (Wildman–Crippen LogP) is 1.92. The van der Waals surface area contributed by atoms with E-state index in [2.05, 4.69) is 0 Å². The lowest BCUT2D eigenvalue weighted by molar-refractivity contribution is -0.130. The molecular weight excluding hydrogens is 152 g/mol. The first-order chi connectivity index (χ1) is 5.61. The molecule has 1 saturated heterocycles. The summed E-state index contributed by atoms with van der Waals surface area (Å²) in [5.41, 5.74) is -0.500. The highest BCUT2D eigenvalue weighted by Gasteiger charge is 2.48. The molecule has 2 atom stereocenters. The third kappa shape index (κ3) is 1.09. The number of rotatable bonds is 0. The van der Waals surface area contributed by atoms with Crippen LogP contribution in [0.25, 0.3) is 0 Å². The number of Topliss-reactive ketones (excluding diaryl/α,β-unsaturated/α-hetero) is 1. The third-order valence-corrected chi connectivity index (χ3v) is 3.08. The van der Waals surface area contributed by atoms with Gasteiger partial charge >= 0.3 is 0 Å². The van der Waals surface area contributed by atoms with Gasteiger partial charge in [-0.1, -0.05) is 12.8 Å². The topological polar surface area (TPSA) is 26.3 Å². The number of carbonyl (C=O) groups excluding carboxylic acids is 1. The van der Waals surface area contributed by atoms with Crippen LogP contribution < -0.4 is 0 Å². The van der Waals surface area contributed by atoms with Crippen molar-refractivity contribution in [1.29, 1.82) is 0 Å². The van der Waals surface area contributed by atoms with Crippen LogP contribution in [0.4, 0.5) is 0 Å². The SMILES string of the molecule is CC1(C)O[C@H]2CCCC[C@H]2C1=O. The summed E-state index contributed by atoms with van der Waals surface area (Å²) in [6.07, 6.45) is 4.80. The van der Waals surface area contributed by atoms with E-state index in [0.29, 0.717) is 5.78 Å². The number of hydrogen-bond acceptors (Lipinski definition) is 2. The van der Waals surface area contributed by atoms with Crippen LogP contribution >= 0.6 is 0 Å². The molecule has 0 amide bonds. The molecule has 0 spiro atoms. The van der Waals surface area contributed by atoms with Crippen molar-refractivity contribution >= 4 is 5.78 Å². The van der Waals surface area contributed by atoms with Gasteiger partial charge in [-0.3, -0.25) is 4.79 Å². The Morgan fingerprint density at radius 3 is 2.67 bits per heavy atom. The average molecular weight is 168 g/mol. The van der Waals surface area contributed by atoms with Crippen LogP contribution in [-0.2, 0) is 9.53 Å². The highest BCUT2D eigenvalue weighted by molar-refractivity contribution is 5.91. The molecule has 1 heterocycles. The van der Waals surface area contributed by atoms with E-state index in [1.54, 1.807) is 0 Å². The second kappa shape index (κ2) is 2.56. The Kier molecular flexibility index (Phi) is 1.76. The fourth-order valence-electron chi connectivity index (χ4n) is 2.42. The molecule has 68 valence electrons. The Morgan fingerprint density at radius 2 is 2.00 bits per heavy atom. The van der Waals surface area contributed by atoms with E-state index in [0.717, 1.165) is 12.8 Å². The van der Waals surface area contributed by atoms with Crippen molar-refractivity contribution in [3.05, 3.63) is 0 Å². The molecule has 1 saturated carbocycles. The zero-order valence-corrected chi connectivity index (χ0v) is 7.80. The summed E-state index contributed by atoms with van der Waals surface area (Å²) in [6, 6.07) is 0. The van der Waals surface area contributed by atoms with Crippen molar-refractivity contribution < 1.29 is 9.53 Å². The van der Waals surface area contributed by atoms with Crippen LogP contribution in [0.3, 0.4) is 0 Å². The molecule has 2 nitrogen and oxygen atoms in total. The summed E-state index contributed by atoms with van der Waals surface area (Å²) in [5.74, 6) is 0.543. The first kappa shape index (κ1) is 8.24. The summed E-state index contributed by atoms with van der Waals surface area (Å²) in [7, 11) is 0. The average Bonchev–Trinajstić information content (AvgIpc) is 2.24. The largest absolute Gasteiger partial charge is 0.364 e. The van der Waals surface area contributed by atoms with Gasteiger partial charge in [-0.2, -0.15) is 0 Å². The third-order valence-electron chi connectivity index (χ3n) is 3.08. The Morgan fingerprint density at radius 1 is 1.33 bits per heavy atom. The lowest BCUT2D eigenvalue weighted by Crippen LogP contribution is -2.30. The van der Waals surface area contributed by atoms with E-state index >= 15 is 0 Å². The molecule has 2 rings (SSSR count). The highest BCUT2D eigenvalue weighted by atomic mass is 16.5. The molecule has 0 N–H and O–H groups in total. The number of fused-ring (bicyclic) bond motifs is 1. The zero-order chi connectivity index (χ0) is 8.77. The minimum atomic E-state index is -0.500. The minimum Gasteiger partial charge on any atom is -0.364 e. The summed E-state index contributed by atoms with van der Waals surface area (Å²) < 4.78 is 5.72. The Balaban J connectivity index is 2.19. The van der Waals surface area contributed by atoms with Crippen LogP contribution in [0.15, 0.2) is 0 Å². The molecule has 0 bridgehead atoms. The fraction of sp³-hybridized carbons (Fsp3) is 0.900. The maximum Gasteiger partial charge on any atom is 0.169 e. The fourth-order valence-corrected chi connectivity index (χ4v) is 2.42. The minimum absolute atomic E-state index is 0.216. The molecule has 0 aromatic carbocycles. The molecular formula is C10H16O2. The normalized spacial score (nSPS) is 39.7. The zero-order valence-electron chi connectivity index (χ0n) is 7.80. The number of ether oxygens (including phenoxy) is 1. The van der Waals surface area contributed by atoms with Crippen molar-refractivity contribution in [3.8, 4) is 0 Å². The molecule has 2 heteroatoms. The second-order valence-electron chi connectivity index (χ2n) is 4.42. The number of hydrogen-bond donors (Lipinski definition) is 0. The molecule has 1 aliphatic heterocycles. The number of ketones is 1. The quantitative estimate of drug-likeness (QED) is 0.552. The lowest BCUT2D eigenvalue weighted by atomic mass is 9.82. The van der Waals surface area contributed by atoms with Crippen molar-refractivity contribution in [1.82, 2.24) is 0 Å². The Bertz CT molecular complexity index is 208. The van der Waals surface area contributed by atoms with Gasteiger partial charge in [0.25, 0.3) is 0 Å². The smallest absolute Gasteiger partial charge is 0.169 e. The van der Waals surface area contributed by atoms with E-state index in [1.807, 2.05) is 13.8 Å². The van der Waals surface area contributed by atoms with E-state index in [-0.39, 0.29) is 12.0 Å². The second-order valence-corrected chi connectivity index (χ2v) is 4.42. The molecule has 2 fully saturated rings. The van der Waals surface area contributed by atoms with Crippen molar-refractivity contribution in [2.75, 3.05) is 0 Å². The van der Waals surface area contributed by atoms with Gasteiger partial charge in [-0.05, 0) is 26.7 Å². The van der Waals surface area contributed by atoms with Crippen LogP contribution in [0.5, 0.6) is 0 Å². The van der Waals surface area contributed by atoms with Crippen molar-refractivity contribution in [3.63, 3.8) is 0 Å². The predicted molar refractivity (Wildman–Crippen MR) is 45.9 cm³/mol. The highest BCUT2D eigenvalue weighted by Crippen LogP contribution is 2.39. The van der Waals surface area contributed by atoms with Crippen molar-refractivity contribution in [2.45, 2.75) is 51.2 Å². The molecule has 0 aromatic rings. The first-order valence-electron chi connectivity index (χ1n) is 4.83. The lowest BCUT2D eigenvalue weighted by Gasteiger charge is -2.22. The van der Waals surface area contributed by atoms with Gasteiger partial charge in [0, 0.05) is 5.92 Å². The molecule has 0 unspecified atom stereocenters. The summed E-state index contributed by atoms with van der Waals surface area (Å²) in [5, 5.41) is 0. The van der Waals surface area contributed by atoms with Crippen LogP contribution in [-0.4, -0.2) is 17.5 Å².